The molecule has 2 aromatic rings. The summed E-state index contributed by atoms with van der Waals surface area (Å²) in [6.45, 7) is 3.11. The molecule has 2 aromatic carbocycles. The molecule has 2 N–H and O–H groups in total. The molecule has 0 aliphatic rings. The molecule has 1 unspecified atom stereocenters. The van der Waals surface area contributed by atoms with Crippen molar-refractivity contribution in [3.63, 3.8) is 0 Å². The van der Waals surface area contributed by atoms with Gasteiger partial charge in [-0.2, -0.15) is 0 Å². The van der Waals surface area contributed by atoms with Crippen molar-refractivity contribution in [3.8, 4) is 11.5 Å². The van der Waals surface area contributed by atoms with Crippen molar-refractivity contribution >= 4 is 5.91 Å². The molecule has 0 saturated heterocycles. The first-order valence-corrected chi connectivity index (χ1v) is 7.43. The lowest BCUT2D eigenvalue weighted by Crippen LogP contribution is -2.33. The van der Waals surface area contributed by atoms with E-state index in [4.69, 9.17) is 4.74 Å². The summed E-state index contributed by atoms with van der Waals surface area (Å²) in [4.78, 5) is 11.8. The van der Waals surface area contributed by atoms with Crippen molar-refractivity contribution < 1.29 is 9.53 Å². The SMILES string of the molecule is CNCC(C)C(=O)NCc1ccc(Oc2ccccc2)cc1. The molecule has 2 rings (SSSR count). The molecule has 0 radical (unpaired) electrons. The molecule has 116 valence electrons. The van der Waals surface area contributed by atoms with Crippen molar-refractivity contribution in [2.75, 3.05) is 13.6 Å². The van der Waals surface area contributed by atoms with Crippen LogP contribution in [0, 0.1) is 5.92 Å². The molecule has 0 aliphatic carbocycles. The van der Waals surface area contributed by atoms with E-state index >= 15 is 0 Å². The number of nitrogens with one attached hydrogen (secondary N) is 2. The van der Waals surface area contributed by atoms with Gasteiger partial charge in [-0.25, -0.2) is 0 Å². The van der Waals surface area contributed by atoms with E-state index in [1.165, 1.54) is 0 Å². The number of para-hydroxylation sites is 1. The number of carbonyl (C=O) groups excluding carboxylic acids is 1. The van der Waals surface area contributed by atoms with Crippen LogP contribution >= 0.6 is 0 Å². The molecule has 0 fully saturated rings. The van der Waals surface area contributed by atoms with Crippen LogP contribution in [0.3, 0.4) is 0 Å². The molecule has 0 bridgehead atoms. The number of hydrogen-bond donors (Lipinski definition) is 2. The maximum atomic E-state index is 11.8. The average molecular weight is 298 g/mol. The smallest absolute Gasteiger partial charge is 0.224 e. The predicted molar refractivity (Wildman–Crippen MR) is 87.9 cm³/mol. The van der Waals surface area contributed by atoms with Gasteiger partial charge >= 0.3 is 0 Å². The van der Waals surface area contributed by atoms with E-state index in [1.807, 2.05) is 68.6 Å². The van der Waals surface area contributed by atoms with Crippen LogP contribution in [-0.4, -0.2) is 19.5 Å². The van der Waals surface area contributed by atoms with E-state index in [1.54, 1.807) is 0 Å². The fourth-order valence-corrected chi connectivity index (χ4v) is 2.06. The minimum atomic E-state index is -0.0364. The maximum Gasteiger partial charge on any atom is 0.224 e. The highest BCUT2D eigenvalue weighted by molar-refractivity contribution is 5.78. The van der Waals surface area contributed by atoms with E-state index in [9.17, 15) is 4.79 Å². The molecule has 22 heavy (non-hydrogen) atoms. The monoisotopic (exact) mass is 298 g/mol. The van der Waals surface area contributed by atoms with Crippen LogP contribution in [0.4, 0.5) is 0 Å². The van der Waals surface area contributed by atoms with Gasteiger partial charge in [-0.1, -0.05) is 37.3 Å². The summed E-state index contributed by atoms with van der Waals surface area (Å²) in [5.74, 6) is 1.61. The first-order valence-electron chi connectivity index (χ1n) is 7.43. The topological polar surface area (TPSA) is 50.4 Å². The average Bonchev–Trinajstić information content (AvgIpc) is 2.55. The first kappa shape index (κ1) is 16.0. The second-order valence-electron chi connectivity index (χ2n) is 5.24. The van der Waals surface area contributed by atoms with E-state index in [2.05, 4.69) is 10.6 Å². The summed E-state index contributed by atoms with van der Waals surface area (Å²) >= 11 is 0. The molecule has 0 aromatic heterocycles. The Morgan fingerprint density at radius 2 is 1.68 bits per heavy atom. The highest BCUT2D eigenvalue weighted by atomic mass is 16.5. The third-order valence-electron chi connectivity index (χ3n) is 3.33. The molecule has 1 amide bonds. The fraction of sp³-hybridized carbons (Fsp3) is 0.278. The van der Waals surface area contributed by atoms with Crippen molar-refractivity contribution in [2.24, 2.45) is 5.92 Å². The normalized spacial score (nSPS) is 11.7. The first-order chi connectivity index (χ1) is 10.7. The Balaban J connectivity index is 1.85. The molecule has 1 atom stereocenters. The second kappa shape index (κ2) is 8.20. The minimum Gasteiger partial charge on any atom is -0.457 e. The Morgan fingerprint density at radius 3 is 2.32 bits per heavy atom. The van der Waals surface area contributed by atoms with Gasteiger partial charge in [0.1, 0.15) is 11.5 Å². The summed E-state index contributed by atoms with van der Waals surface area (Å²) in [6, 6.07) is 17.4. The quantitative estimate of drug-likeness (QED) is 0.826. The van der Waals surface area contributed by atoms with E-state index in [0.29, 0.717) is 13.1 Å². The number of carbonyl (C=O) groups is 1. The Kier molecular flexibility index (Phi) is 5.98. The van der Waals surface area contributed by atoms with Crippen molar-refractivity contribution in [2.45, 2.75) is 13.5 Å². The van der Waals surface area contributed by atoms with Gasteiger partial charge in [0.25, 0.3) is 0 Å². The Hall–Kier alpha value is -2.33. The van der Waals surface area contributed by atoms with Gasteiger partial charge in [0, 0.05) is 19.0 Å². The molecule has 0 aliphatic heterocycles. The van der Waals surface area contributed by atoms with Crippen LogP contribution in [0.5, 0.6) is 11.5 Å². The molecule has 4 heteroatoms. The fourth-order valence-electron chi connectivity index (χ4n) is 2.06. The Morgan fingerprint density at radius 1 is 1.05 bits per heavy atom. The lowest BCUT2D eigenvalue weighted by Gasteiger charge is -2.12. The number of benzene rings is 2. The van der Waals surface area contributed by atoms with Gasteiger partial charge in [-0.3, -0.25) is 4.79 Å². The number of hydrogen-bond acceptors (Lipinski definition) is 3. The van der Waals surface area contributed by atoms with Crippen molar-refractivity contribution in [1.82, 2.24) is 10.6 Å². The second-order valence-corrected chi connectivity index (χ2v) is 5.24. The largest absolute Gasteiger partial charge is 0.457 e. The summed E-state index contributed by atoms with van der Waals surface area (Å²) in [5, 5.41) is 5.93. The van der Waals surface area contributed by atoms with Crippen molar-refractivity contribution in [3.05, 3.63) is 60.2 Å². The van der Waals surface area contributed by atoms with Gasteiger partial charge in [-0.05, 0) is 36.9 Å². The van der Waals surface area contributed by atoms with E-state index in [-0.39, 0.29) is 11.8 Å². The lowest BCUT2D eigenvalue weighted by molar-refractivity contribution is -0.124. The van der Waals surface area contributed by atoms with E-state index < -0.39 is 0 Å². The van der Waals surface area contributed by atoms with Crippen LogP contribution in [0.1, 0.15) is 12.5 Å². The molecule has 0 heterocycles. The van der Waals surface area contributed by atoms with Gasteiger partial charge in [0.15, 0.2) is 0 Å². The number of ether oxygens (including phenoxy) is 1. The van der Waals surface area contributed by atoms with Gasteiger partial charge in [-0.15, -0.1) is 0 Å². The molecular formula is C18H22N2O2. The summed E-state index contributed by atoms with van der Waals surface area (Å²) in [7, 11) is 1.84. The lowest BCUT2D eigenvalue weighted by atomic mass is 10.1. The summed E-state index contributed by atoms with van der Waals surface area (Å²) in [6.07, 6.45) is 0. The Bertz CT molecular complexity index is 582. The summed E-state index contributed by atoms with van der Waals surface area (Å²) < 4.78 is 5.73. The summed E-state index contributed by atoms with van der Waals surface area (Å²) in [5.41, 5.74) is 1.05. The van der Waals surface area contributed by atoms with Gasteiger partial charge in [0.05, 0.1) is 0 Å². The van der Waals surface area contributed by atoms with Gasteiger partial charge in [0.2, 0.25) is 5.91 Å². The predicted octanol–water partition coefficient (Wildman–Crippen LogP) is 2.95. The molecule has 0 saturated carbocycles. The zero-order valence-electron chi connectivity index (χ0n) is 13.0. The number of amides is 1. The zero-order chi connectivity index (χ0) is 15.8. The van der Waals surface area contributed by atoms with E-state index in [0.717, 1.165) is 17.1 Å². The van der Waals surface area contributed by atoms with Crippen LogP contribution in [0.2, 0.25) is 0 Å². The molecular weight excluding hydrogens is 276 g/mol. The zero-order valence-corrected chi connectivity index (χ0v) is 13.0. The third kappa shape index (κ3) is 4.90. The van der Waals surface area contributed by atoms with Gasteiger partial charge < -0.3 is 15.4 Å². The van der Waals surface area contributed by atoms with Crippen molar-refractivity contribution in [1.29, 1.82) is 0 Å². The molecule has 0 spiro atoms. The molecule has 4 nitrogen and oxygen atoms in total. The van der Waals surface area contributed by atoms with Crippen LogP contribution in [0.15, 0.2) is 54.6 Å². The number of rotatable bonds is 7. The third-order valence-corrected chi connectivity index (χ3v) is 3.33. The standard InChI is InChI=1S/C18H22N2O2/c1-14(12-19-2)18(21)20-13-15-8-10-17(11-9-15)22-16-6-4-3-5-7-16/h3-11,14,19H,12-13H2,1-2H3,(H,20,21). The van der Waals surface area contributed by atoms with Crippen LogP contribution in [-0.2, 0) is 11.3 Å². The Labute approximate surface area is 131 Å². The maximum absolute atomic E-state index is 11.8. The minimum absolute atomic E-state index is 0.0364. The highest BCUT2D eigenvalue weighted by Crippen LogP contribution is 2.21. The highest BCUT2D eigenvalue weighted by Gasteiger charge is 2.10. The van der Waals surface area contributed by atoms with Crippen LogP contribution in [0.25, 0.3) is 0 Å². The van der Waals surface area contributed by atoms with Crippen LogP contribution < -0.4 is 15.4 Å².